The molecule has 1 aromatic carbocycles. The van der Waals surface area contributed by atoms with Gasteiger partial charge in [0.1, 0.15) is 0 Å². The van der Waals surface area contributed by atoms with Gasteiger partial charge in [-0.2, -0.15) is 0 Å². The first-order valence-electron chi connectivity index (χ1n) is 4.88. The van der Waals surface area contributed by atoms with Gasteiger partial charge in [0.15, 0.2) is 0 Å². The topological polar surface area (TPSA) is 0 Å². The summed E-state index contributed by atoms with van der Waals surface area (Å²) in [5.74, 6) is 2.56. The molecular weight excluding hydrogens is 208 g/mol. The predicted octanol–water partition coefficient (Wildman–Crippen LogP) is 4.16. The molecule has 0 atom stereocenters. The molecule has 0 saturated carbocycles. The van der Waals surface area contributed by atoms with Crippen LogP contribution in [0, 0.1) is 6.92 Å². The monoisotopic (exact) mass is 222 g/mol. The Morgan fingerprint density at radius 1 is 1.07 bits per heavy atom. The largest absolute Gasteiger partial charge is 0.119 e. The van der Waals surface area contributed by atoms with E-state index in [-0.39, 0.29) is 0 Å². The van der Waals surface area contributed by atoms with Crippen LogP contribution in [0.2, 0.25) is 0 Å². The lowest BCUT2D eigenvalue weighted by molar-refractivity contribution is 1.12. The van der Waals surface area contributed by atoms with E-state index in [1.165, 1.54) is 33.3 Å². The first-order valence-corrected chi connectivity index (χ1v) is 6.86. The maximum Gasteiger partial charge on any atom is 0.0406 e. The zero-order valence-electron chi connectivity index (χ0n) is 8.32. The minimum absolute atomic E-state index is 1.28. The van der Waals surface area contributed by atoms with Crippen molar-refractivity contribution >= 4 is 29.6 Å². The van der Waals surface area contributed by atoms with Crippen molar-refractivity contribution < 1.29 is 0 Å². The van der Waals surface area contributed by atoms with Crippen LogP contribution in [-0.4, -0.2) is 11.5 Å². The highest BCUT2D eigenvalue weighted by molar-refractivity contribution is 8.23. The lowest BCUT2D eigenvalue weighted by Gasteiger charge is -2.12. The van der Waals surface area contributed by atoms with Gasteiger partial charge in [0.2, 0.25) is 0 Å². The zero-order valence-corrected chi connectivity index (χ0v) is 9.96. The van der Waals surface area contributed by atoms with Crippen LogP contribution in [0.4, 0.5) is 0 Å². The molecule has 0 N–H and O–H groups in total. The molecule has 0 radical (unpaired) electrons. The molecule has 0 spiro atoms. The molecule has 0 aliphatic carbocycles. The molecule has 1 heterocycles. The molecule has 0 bridgehead atoms. The first kappa shape index (κ1) is 10.2. The fourth-order valence-electron chi connectivity index (χ4n) is 1.33. The summed E-state index contributed by atoms with van der Waals surface area (Å²) in [5, 5.41) is 0. The predicted molar refractivity (Wildman–Crippen MR) is 68.7 cm³/mol. The van der Waals surface area contributed by atoms with Gasteiger partial charge in [0.25, 0.3) is 0 Å². The van der Waals surface area contributed by atoms with Crippen LogP contribution in [0.25, 0.3) is 6.08 Å². The van der Waals surface area contributed by atoms with Crippen molar-refractivity contribution in [2.24, 2.45) is 0 Å². The smallest absolute Gasteiger partial charge is 0.0406 e. The number of aryl methyl sites for hydroxylation is 1. The molecule has 1 aromatic rings. The summed E-state index contributed by atoms with van der Waals surface area (Å²) in [6, 6.07) is 8.73. The van der Waals surface area contributed by atoms with Crippen molar-refractivity contribution in [1.82, 2.24) is 0 Å². The Labute approximate surface area is 94.2 Å². The van der Waals surface area contributed by atoms with Gasteiger partial charge in [-0.1, -0.05) is 29.8 Å². The van der Waals surface area contributed by atoms with Gasteiger partial charge in [0.05, 0.1) is 0 Å². The van der Waals surface area contributed by atoms with Gasteiger partial charge < -0.3 is 0 Å². The summed E-state index contributed by atoms with van der Waals surface area (Å²) >= 11 is 3.97. The van der Waals surface area contributed by atoms with Crippen molar-refractivity contribution in [2.45, 2.75) is 13.3 Å². The van der Waals surface area contributed by atoms with E-state index in [0.717, 1.165) is 0 Å². The molecule has 0 aromatic heterocycles. The van der Waals surface area contributed by atoms with E-state index in [2.05, 4.69) is 37.3 Å². The van der Waals surface area contributed by atoms with Crippen LogP contribution in [0.15, 0.2) is 28.5 Å². The fourth-order valence-corrected chi connectivity index (χ4v) is 3.76. The van der Waals surface area contributed by atoms with E-state index < -0.39 is 0 Å². The number of hydrogen-bond acceptors (Lipinski definition) is 2. The van der Waals surface area contributed by atoms with Gasteiger partial charge in [0, 0.05) is 4.24 Å². The average Bonchev–Trinajstić information content (AvgIpc) is 2.23. The maximum absolute atomic E-state index is 2.30. The van der Waals surface area contributed by atoms with Gasteiger partial charge >= 0.3 is 0 Å². The van der Waals surface area contributed by atoms with Crippen LogP contribution in [0.1, 0.15) is 17.5 Å². The molecule has 1 aliphatic heterocycles. The van der Waals surface area contributed by atoms with Gasteiger partial charge in [-0.05, 0) is 36.5 Å². The van der Waals surface area contributed by atoms with Crippen molar-refractivity contribution in [2.75, 3.05) is 11.5 Å². The standard InChI is InChI=1S/C12H14S2/c1-10-3-5-11(6-4-10)9-12-13-7-2-8-14-12/h3-6,9H,2,7-8H2,1H3. The molecule has 1 aliphatic rings. The van der Waals surface area contributed by atoms with E-state index in [9.17, 15) is 0 Å². The SMILES string of the molecule is Cc1ccc(C=C2SCCCS2)cc1. The summed E-state index contributed by atoms with van der Waals surface area (Å²) < 4.78 is 1.47. The third-order valence-corrected chi connectivity index (χ3v) is 4.64. The van der Waals surface area contributed by atoms with Crippen LogP contribution in [0.3, 0.4) is 0 Å². The van der Waals surface area contributed by atoms with Gasteiger partial charge in [-0.25, -0.2) is 0 Å². The Morgan fingerprint density at radius 2 is 1.71 bits per heavy atom. The number of benzene rings is 1. The van der Waals surface area contributed by atoms with E-state index in [0.29, 0.717) is 0 Å². The molecule has 74 valence electrons. The summed E-state index contributed by atoms with van der Waals surface area (Å²) in [7, 11) is 0. The summed E-state index contributed by atoms with van der Waals surface area (Å²) in [6.07, 6.45) is 3.65. The Morgan fingerprint density at radius 3 is 2.36 bits per heavy atom. The molecule has 0 amide bonds. The third kappa shape index (κ3) is 2.82. The summed E-state index contributed by atoms with van der Waals surface area (Å²) in [6.45, 7) is 2.13. The van der Waals surface area contributed by atoms with E-state index >= 15 is 0 Å². The van der Waals surface area contributed by atoms with E-state index in [1.807, 2.05) is 23.5 Å². The zero-order chi connectivity index (χ0) is 9.80. The Balaban J connectivity index is 2.11. The normalized spacial score (nSPS) is 16.8. The number of hydrogen-bond donors (Lipinski definition) is 0. The van der Waals surface area contributed by atoms with Crippen LogP contribution in [-0.2, 0) is 0 Å². The van der Waals surface area contributed by atoms with E-state index in [4.69, 9.17) is 0 Å². The molecule has 14 heavy (non-hydrogen) atoms. The second-order valence-corrected chi connectivity index (χ2v) is 5.96. The molecular formula is C12H14S2. The van der Waals surface area contributed by atoms with Gasteiger partial charge in [-0.15, -0.1) is 23.5 Å². The fraction of sp³-hybridized carbons (Fsp3) is 0.333. The molecule has 1 fully saturated rings. The average molecular weight is 222 g/mol. The van der Waals surface area contributed by atoms with Crippen molar-refractivity contribution in [3.8, 4) is 0 Å². The van der Waals surface area contributed by atoms with Crippen LogP contribution in [0.5, 0.6) is 0 Å². The van der Waals surface area contributed by atoms with Crippen molar-refractivity contribution in [3.05, 3.63) is 39.6 Å². The summed E-state index contributed by atoms with van der Waals surface area (Å²) in [5.41, 5.74) is 2.66. The van der Waals surface area contributed by atoms with E-state index in [1.54, 1.807) is 0 Å². The molecule has 0 nitrogen and oxygen atoms in total. The first-order chi connectivity index (χ1) is 6.84. The Kier molecular flexibility index (Phi) is 3.60. The van der Waals surface area contributed by atoms with Crippen LogP contribution >= 0.6 is 23.5 Å². The molecule has 2 heteroatoms. The maximum atomic E-state index is 2.30. The highest BCUT2D eigenvalue weighted by Crippen LogP contribution is 2.35. The summed E-state index contributed by atoms with van der Waals surface area (Å²) in [4.78, 5) is 0. The lowest BCUT2D eigenvalue weighted by Crippen LogP contribution is -1.91. The minimum atomic E-state index is 1.28. The highest BCUT2D eigenvalue weighted by Gasteiger charge is 2.05. The minimum Gasteiger partial charge on any atom is -0.119 e. The quantitative estimate of drug-likeness (QED) is 0.699. The lowest BCUT2D eigenvalue weighted by atomic mass is 10.1. The van der Waals surface area contributed by atoms with Crippen LogP contribution < -0.4 is 0 Å². The molecule has 0 unspecified atom stereocenters. The number of thioether (sulfide) groups is 2. The Hall–Kier alpha value is -0.340. The second-order valence-electron chi connectivity index (χ2n) is 3.42. The van der Waals surface area contributed by atoms with Crippen molar-refractivity contribution in [3.63, 3.8) is 0 Å². The van der Waals surface area contributed by atoms with Crippen molar-refractivity contribution in [1.29, 1.82) is 0 Å². The number of rotatable bonds is 1. The molecule has 2 rings (SSSR count). The van der Waals surface area contributed by atoms with Gasteiger partial charge in [-0.3, -0.25) is 0 Å². The highest BCUT2D eigenvalue weighted by atomic mass is 32.2. The second kappa shape index (κ2) is 4.94. The Bertz CT molecular complexity index is 317. The molecule has 1 saturated heterocycles. The third-order valence-electron chi connectivity index (χ3n) is 2.14.